The van der Waals surface area contributed by atoms with Gasteiger partial charge in [0.2, 0.25) is 0 Å². The number of hydrogen-bond acceptors (Lipinski definition) is 6. The zero-order valence-corrected chi connectivity index (χ0v) is 16.4. The smallest absolute Gasteiger partial charge is 0.540 e. The van der Waals surface area contributed by atoms with Crippen molar-refractivity contribution in [1.29, 1.82) is 0 Å². The summed E-state index contributed by atoms with van der Waals surface area (Å²) in [6.07, 6.45) is 2.40. The molecule has 0 heterocycles. The molecule has 21 heavy (non-hydrogen) atoms. The number of ether oxygens (including phenoxy) is 2. The summed E-state index contributed by atoms with van der Waals surface area (Å²) in [6.45, 7) is -0.214. The summed E-state index contributed by atoms with van der Waals surface area (Å²) >= 11 is 0. The summed E-state index contributed by atoms with van der Waals surface area (Å²) in [6, 6.07) is 4.69. The standard InChI is InChI=1S/C13H14NO5.CH3.U/c1-18-12-7-10(9-16)3-4-11(12)14(5-6-15)8-13(17)19-2;;/h3-4,7,9H,5,8H2,1-2H3;1H3;/q2*-1;+2. The maximum absolute atomic E-state index is 11.3. The summed E-state index contributed by atoms with van der Waals surface area (Å²) in [5.41, 5.74) is 0.954. The maximum Gasteiger partial charge on any atom is 2.00 e. The second-order valence-electron chi connectivity index (χ2n) is 3.63. The molecule has 0 bridgehead atoms. The fourth-order valence-corrected chi connectivity index (χ4v) is 1.55. The van der Waals surface area contributed by atoms with Crippen LogP contribution in [0.25, 0.3) is 0 Å². The van der Waals surface area contributed by atoms with Gasteiger partial charge in [-0.25, -0.2) is 6.29 Å². The zero-order chi connectivity index (χ0) is 14.3. The Morgan fingerprint density at radius 1 is 1.38 bits per heavy atom. The van der Waals surface area contributed by atoms with Crippen LogP contribution in [0.3, 0.4) is 0 Å². The predicted molar refractivity (Wildman–Crippen MR) is 74.7 cm³/mol. The Labute approximate surface area is 148 Å². The second-order valence-corrected chi connectivity index (χ2v) is 3.63. The Morgan fingerprint density at radius 2 is 2.05 bits per heavy atom. The SMILES string of the molecule is COC(=O)CN(C[C-]=O)c1ccc(C=O)cc1OC.[CH3-].[U+2]. The Balaban J connectivity index is 0. The van der Waals surface area contributed by atoms with E-state index in [-0.39, 0.29) is 51.6 Å². The predicted octanol–water partition coefficient (Wildman–Crippen LogP) is 1.05. The van der Waals surface area contributed by atoms with E-state index in [1.54, 1.807) is 18.4 Å². The molecule has 0 amide bonds. The van der Waals surface area contributed by atoms with E-state index in [1.807, 2.05) is 0 Å². The molecule has 0 unspecified atom stereocenters. The third-order valence-corrected chi connectivity index (χ3v) is 2.48. The van der Waals surface area contributed by atoms with Gasteiger partial charge >= 0.3 is 37.1 Å². The number of hydrogen-bond donors (Lipinski definition) is 0. The number of benzene rings is 1. The van der Waals surface area contributed by atoms with E-state index in [0.717, 1.165) is 0 Å². The molecule has 112 valence electrons. The first-order chi connectivity index (χ1) is 9.15. The normalized spacial score (nSPS) is 8.67. The molecule has 0 aliphatic carbocycles. The van der Waals surface area contributed by atoms with Gasteiger partial charge in [0.25, 0.3) is 0 Å². The number of esters is 1. The van der Waals surface area contributed by atoms with E-state index in [1.165, 1.54) is 25.2 Å². The molecule has 0 aliphatic rings. The van der Waals surface area contributed by atoms with Crippen LogP contribution in [0.4, 0.5) is 5.69 Å². The molecule has 0 aromatic heterocycles. The van der Waals surface area contributed by atoms with Crippen LogP contribution in [0.2, 0.25) is 0 Å². The van der Waals surface area contributed by atoms with Gasteiger partial charge in [0.05, 0.1) is 19.9 Å². The summed E-state index contributed by atoms with van der Waals surface area (Å²) in [7, 11) is 2.70. The third-order valence-electron chi connectivity index (χ3n) is 2.48. The third kappa shape index (κ3) is 6.32. The zero-order valence-electron chi connectivity index (χ0n) is 12.2. The van der Waals surface area contributed by atoms with Gasteiger partial charge < -0.3 is 26.6 Å². The van der Waals surface area contributed by atoms with Gasteiger partial charge in [0, 0.05) is 5.56 Å². The van der Waals surface area contributed by atoms with Crippen LogP contribution >= 0.6 is 0 Å². The molecule has 1 aromatic rings. The van der Waals surface area contributed by atoms with Crippen molar-refractivity contribution in [2.24, 2.45) is 0 Å². The Hall–Kier alpha value is -1.32. The van der Waals surface area contributed by atoms with E-state index in [0.29, 0.717) is 23.3 Å². The first-order valence-electron chi connectivity index (χ1n) is 5.46. The van der Waals surface area contributed by atoms with E-state index >= 15 is 0 Å². The van der Waals surface area contributed by atoms with Crippen molar-refractivity contribution in [2.45, 2.75) is 0 Å². The van der Waals surface area contributed by atoms with Gasteiger partial charge in [-0.05, 0) is 18.2 Å². The van der Waals surface area contributed by atoms with Crippen molar-refractivity contribution in [1.82, 2.24) is 0 Å². The van der Waals surface area contributed by atoms with E-state index < -0.39 is 5.97 Å². The average molecular weight is 517 g/mol. The first kappa shape index (κ1) is 22.0. The van der Waals surface area contributed by atoms with Gasteiger partial charge in [-0.15, -0.1) is 0 Å². The molecule has 0 N–H and O–H groups in total. The van der Waals surface area contributed by atoms with Crippen LogP contribution in [0.1, 0.15) is 10.4 Å². The molecule has 0 aliphatic heterocycles. The second kappa shape index (κ2) is 11.4. The Morgan fingerprint density at radius 3 is 2.52 bits per heavy atom. The average Bonchev–Trinajstić information content (AvgIpc) is 2.45. The molecule has 1 rings (SSSR count). The number of anilines is 1. The Kier molecular flexibility index (Phi) is 11.9. The molecule has 7 heteroatoms. The molecular weight excluding hydrogens is 500 g/mol. The number of nitrogens with zero attached hydrogens (tertiary/aromatic N) is 1. The molecule has 0 saturated carbocycles. The van der Waals surface area contributed by atoms with Crippen molar-refractivity contribution in [3.8, 4) is 5.75 Å². The summed E-state index contributed by atoms with van der Waals surface area (Å²) < 4.78 is 9.71. The minimum atomic E-state index is -0.489. The summed E-state index contributed by atoms with van der Waals surface area (Å²) in [5, 5.41) is 0. The quantitative estimate of drug-likeness (QED) is 0.306. The maximum atomic E-state index is 11.3. The fraction of sp³-hybridized carbons (Fsp3) is 0.286. The van der Waals surface area contributed by atoms with Crippen molar-refractivity contribution in [3.63, 3.8) is 0 Å². The van der Waals surface area contributed by atoms with Crippen LogP contribution < -0.4 is 9.64 Å². The van der Waals surface area contributed by atoms with Crippen LogP contribution in [-0.2, 0) is 14.3 Å². The minimum Gasteiger partial charge on any atom is -0.540 e. The molecule has 1 aromatic carbocycles. The number of rotatable bonds is 7. The van der Waals surface area contributed by atoms with Crippen LogP contribution in [0, 0.1) is 38.5 Å². The Bertz CT molecular complexity index is 478. The largest absolute Gasteiger partial charge is 2.00 e. The van der Waals surface area contributed by atoms with Crippen LogP contribution in [0.15, 0.2) is 18.2 Å². The summed E-state index contributed by atoms with van der Waals surface area (Å²) in [5.74, 6) is -0.0967. The van der Waals surface area contributed by atoms with Gasteiger partial charge in [-0.3, -0.25) is 9.59 Å². The molecule has 0 radical (unpaired) electrons. The first-order valence-corrected chi connectivity index (χ1v) is 5.46. The van der Waals surface area contributed by atoms with Gasteiger partial charge in [0.1, 0.15) is 18.6 Å². The van der Waals surface area contributed by atoms with Gasteiger partial charge in [-0.2, -0.15) is 0 Å². The van der Waals surface area contributed by atoms with E-state index in [9.17, 15) is 14.4 Å². The van der Waals surface area contributed by atoms with E-state index in [4.69, 9.17) is 4.74 Å². The van der Waals surface area contributed by atoms with Crippen molar-refractivity contribution in [2.75, 3.05) is 32.2 Å². The molecule has 6 nitrogen and oxygen atoms in total. The molecule has 0 atom stereocenters. The summed E-state index contributed by atoms with van der Waals surface area (Å²) in [4.78, 5) is 34.0. The van der Waals surface area contributed by atoms with Gasteiger partial charge in [0.15, 0.2) is 0 Å². The number of carbonyl (C=O) groups is 2. The minimum absolute atomic E-state index is 0. The van der Waals surface area contributed by atoms with Crippen molar-refractivity contribution < 1.29 is 55.0 Å². The number of carbonyl (C=O) groups excluding carboxylic acids is 3. The van der Waals surface area contributed by atoms with Crippen molar-refractivity contribution >= 4 is 24.2 Å². The van der Waals surface area contributed by atoms with E-state index in [2.05, 4.69) is 4.74 Å². The molecular formula is C14H17NO5U. The monoisotopic (exact) mass is 517 g/mol. The topological polar surface area (TPSA) is 72.9 Å². The molecule has 0 saturated heterocycles. The van der Waals surface area contributed by atoms with Crippen molar-refractivity contribution in [3.05, 3.63) is 31.2 Å². The number of methoxy groups -OCH3 is 2. The van der Waals surface area contributed by atoms with Gasteiger partial charge in [-0.1, -0.05) is 6.54 Å². The molecule has 0 fully saturated rings. The number of aldehydes is 1. The molecule has 0 spiro atoms. The fourth-order valence-electron chi connectivity index (χ4n) is 1.55. The van der Waals surface area contributed by atoms with Crippen LogP contribution in [0.5, 0.6) is 5.75 Å². The van der Waals surface area contributed by atoms with Crippen LogP contribution in [-0.4, -0.2) is 45.9 Å².